The van der Waals surface area contributed by atoms with Gasteiger partial charge >= 0.3 is 0 Å². The average Bonchev–Trinajstić information content (AvgIpc) is 3.30. The van der Waals surface area contributed by atoms with Crippen LogP contribution in [-0.2, 0) is 0 Å². The number of nitrogens with one attached hydrogen (secondary N) is 1. The lowest BCUT2D eigenvalue weighted by molar-refractivity contribution is 0.201. The molecule has 0 amide bonds. The van der Waals surface area contributed by atoms with Gasteiger partial charge in [0, 0.05) is 43.3 Å². The first kappa shape index (κ1) is 21.5. The monoisotopic (exact) mass is 454 g/mol. The van der Waals surface area contributed by atoms with Crippen LogP contribution in [0.1, 0.15) is 49.1 Å². The minimum atomic E-state index is 0.322. The molecule has 1 heterocycles. The summed E-state index contributed by atoms with van der Waals surface area (Å²) in [5.41, 5.74) is 6.90. The molecule has 0 radical (unpaired) electrons. The van der Waals surface area contributed by atoms with E-state index in [9.17, 15) is 0 Å². The van der Waals surface area contributed by atoms with Crippen LogP contribution in [0, 0.1) is 0 Å². The molecule has 3 aromatic rings. The Bertz CT molecular complexity index is 1140. The SMILES string of the molecule is COc1ccc(N2CCNC[C@@H]2C[C@H]2c3ccc(-c4ccccc4)cc32)cc1OC1CCCC1. The molecule has 1 saturated carbocycles. The van der Waals surface area contributed by atoms with Crippen molar-refractivity contribution >= 4 is 5.69 Å². The van der Waals surface area contributed by atoms with Crippen molar-refractivity contribution in [2.45, 2.75) is 50.2 Å². The maximum Gasteiger partial charge on any atom is 0.163 e. The van der Waals surface area contributed by atoms with E-state index in [1.165, 1.54) is 40.8 Å². The molecule has 176 valence electrons. The van der Waals surface area contributed by atoms with E-state index in [0.717, 1.165) is 50.4 Å². The minimum Gasteiger partial charge on any atom is -0.493 e. The van der Waals surface area contributed by atoms with Gasteiger partial charge in [-0.3, -0.25) is 0 Å². The van der Waals surface area contributed by atoms with Gasteiger partial charge in [-0.2, -0.15) is 0 Å². The number of benzene rings is 3. The van der Waals surface area contributed by atoms with E-state index >= 15 is 0 Å². The molecule has 0 aromatic heterocycles. The number of ether oxygens (including phenoxy) is 2. The lowest BCUT2D eigenvalue weighted by Crippen LogP contribution is -2.51. The first-order valence-electron chi connectivity index (χ1n) is 12.8. The second-order valence-corrected chi connectivity index (χ2v) is 9.91. The number of anilines is 1. The molecule has 2 aliphatic carbocycles. The van der Waals surface area contributed by atoms with Gasteiger partial charge in [0.15, 0.2) is 11.5 Å². The van der Waals surface area contributed by atoms with Gasteiger partial charge in [0.05, 0.1) is 13.2 Å². The van der Waals surface area contributed by atoms with E-state index in [2.05, 4.69) is 76.9 Å². The van der Waals surface area contributed by atoms with Crippen molar-refractivity contribution in [2.24, 2.45) is 0 Å². The van der Waals surface area contributed by atoms with Gasteiger partial charge in [-0.05, 0) is 66.5 Å². The maximum absolute atomic E-state index is 6.40. The molecule has 34 heavy (non-hydrogen) atoms. The van der Waals surface area contributed by atoms with Crippen molar-refractivity contribution in [3.8, 4) is 22.6 Å². The van der Waals surface area contributed by atoms with Crippen LogP contribution in [0.2, 0.25) is 0 Å². The topological polar surface area (TPSA) is 33.7 Å². The predicted octanol–water partition coefficient (Wildman–Crippen LogP) is 6.00. The lowest BCUT2D eigenvalue weighted by atomic mass is 10.0. The van der Waals surface area contributed by atoms with Gasteiger partial charge in [0.25, 0.3) is 0 Å². The summed E-state index contributed by atoms with van der Waals surface area (Å²) in [6.45, 7) is 3.04. The Morgan fingerprint density at radius 2 is 1.74 bits per heavy atom. The van der Waals surface area contributed by atoms with Crippen LogP contribution in [0.15, 0.2) is 66.7 Å². The summed E-state index contributed by atoms with van der Waals surface area (Å²) in [5.74, 6) is 2.30. The molecule has 1 N–H and O–H groups in total. The van der Waals surface area contributed by atoms with Gasteiger partial charge in [-0.15, -0.1) is 0 Å². The van der Waals surface area contributed by atoms with Crippen LogP contribution in [0.5, 0.6) is 11.5 Å². The summed E-state index contributed by atoms with van der Waals surface area (Å²) in [5, 5.41) is 3.63. The van der Waals surface area contributed by atoms with Crippen LogP contribution < -0.4 is 19.7 Å². The number of fused-ring (bicyclic) bond motifs is 1. The number of hydrogen-bond donors (Lipinski definition) is 1. The van der Waals surface area contributed by atoms with Crippen molar-refractivity contribution in [2.75, 3.05) is 31.6 Å². The fourth-order valence-corrected chi connectivity index (χ4v) is 5.87. The Kier molecular flexibility index (Phi) is 5.92. The van der Waals surface area contributed by atoms with Gasteiger partial charge in [-0.1, -0.05) is 48.5 Å². The Hall–Kier alpha value is -2.98. The first-order valence-corrected chi connectivity index (χ1v) is 12.8. The van der Waals surface area contributed by atoms with Gasteiger partial charge in [0.1, 0.15) is 0 Å². The highest BCUT2D eigenvalue weighted by Crippen LogP contribution is 2.49. The number of rotatable bonds is 7. The molecular formula is C30H34N2O2. The highest BCUT2D eigenvalue weighted by molar-refractivity contribution is 5.69. The van der Waals surface area contributed by atoms with Crippen LogP contribution in [0.25, 0.3) is 11.1 Å². The standard InChI is InChI=1S/C30H34N2O2/c1-33-29-14-12-23(19-30(29)34-25-9-5-6-10-25)32-16-15-31-20-24(32)18-28-26-13-11-22(17-27(26)28)21-7-3-2-4-8-21/h2-4,7-8,11-14,17,19,24-25,28,31H,5-6,9-10,15-16,18,20H2,1H3/t24-,28-/m0/s1. The molecule has 1 saturated heterocycles. The van der Waals surface area contributed by atoms with E-state index in [1.807, 2.05) is 0 Å². The molecule has 4 heteroatoms. The van der Waals surface area contributed by atoms with Crippen molar-refractivity contribution < 1.29 is 9.47 Å². The molecule has 0 bridgehead atoms. The molecule has 3 aliphatic rings. The van der Waals surface area contributed by atoms with Crippen LogP contribution in [0.4, 0.5) is 5.69 Å². The van der Waals surface area contributed by atoms with Gasteiger partial charge in [-0.25, -0.2) is 0 Å². The number of methoxy groups -OCH3 is 1. The van der Waals surface area contributed by atoms with Crippen molar-refractivity contribution in [3.63, 3.8) is 0 Å². The van der Waals surface area contributed by atoms with Gasteiger partial charge in [0.2, 0.25) is 0 Å². The number of nitrogens with zero attached hydrogens (tertiary/aromatic N) is 1. The quantitative estimate of drug-likeness (QED) is 0.475. The molecule has 2 fully saturated rings. The molecule has 0 spiro atoms. The molecular weight excluding hydrogens is 420 g/mol. The first-order chi connectivity index (χ1) is 16.8. The van der Waals surface area contributed by atoms with E-state index in [1.54, 1.807) is 7.11 Å². The highest BCUT2D eigenvalue weighted by Gasteiger charge is 2.37. The summed E-state index contributed by atoms with van der Waals surface area (Å²) in [4.78, 5) is 2.58. The normalized spacial score (nSPS) is 21.9. The third-order valence-electron chi connectivity index (χ3n) is 7.79. The second-order valence-electron chi connectivity index (χ2n) is 9.91. The largest absolute Gasteiger partial charge is 0.493 e. The fourth-order valence-electron chi connectivity index (χ4n) is 5.87. The fraction of sp³-hybridized carbons (Fsp3) is 0.400. The Morgan fingerprint density at radius 3 is 2.56 bits per heavy atom. The third kappa shape index (κ3) is 4.27. The van der Waals surface area contributed by atoms with E-state index < -0.39 is 0 Å². The number of hydrogen-bond acceptors (Lipinski definition) is 4. The summed E-state index contributed by atoms with van der Waals surface area (Å²) >= 11 is 0. The van der Waals surface area contributed by atoms with Crippen LogP contribution in [-0.4, -0.2) is 38.9 Å². The Morgan fingerprint density at radius 1 is 0.882 bits per heavy atom. The highest BCUT2D eigenvalue weighted by atomic mass is 16.5. The van der Waals surface area contributed by atoms with Gasteiger partial charge < -0.3 is 19.7 Å². The zero-order valence-corrected chi connectivity index (χ0v) is 20.0. The van der Waals surface area contributed by atoms with Crippen molar-refractivity contribution in [3.05, 3.63) is 77.9 Å². The molecule has 1 aliphatic heterocycles. The predicted molar refractivity (Wildman–Crippen MR) is 138 cm³/mol. The molecule has 6 rings (SSSR count). The summed E-state index contributed by atoms with van der Waals surface area (Å²) in [6, 6.07) is 24.7. The minimum absolute atomic E-state index is 0.322. The molecule has 4 nitrogen and oxygen atoms in total. The average molecular weight is 455 g/mol. The molecule has 0 unspecified atom stereocenters. The maximum atomic E-state index is 6.40. The third-order valence-corrected chi connectivity index (χ3v) is 7.79. The van der Waals surface area contributed by atoms with Crippen LogP contribution >= 0.6 is 0 Å². The molecule has 3 aromatic carbocycles. The zero-order chi connectivity index (χ0) is 22.9. The Balaban J connectivity index is 1.19. The summed E-state index contributed by atoms with van der Waals surface area (Å²) in [6.07, 6.45) is 6.29. The van der Waals surface area contributed by atoms with Crippen molar-refractivity contribution in [1.29, 1.82) is 0 Å². The number of piperazine rings is 1. The second kappa shape index (κ2) is 9.34. The van der Waals surface area contributed by atoms with Crippen LogP contribution in [0.3, 0.4) is 0 Å². The lowest BCUT2D eigenvalue weighted by Gasteiger charge is -2.38. The molecule has 2 atom stereocenters. The van der Waals surface area contributed by atoms with Crippen molar-refractivity contribution in [1.82, 2.24) is 5.32 Å². The van der Waals surface area contributed by atoms with E-state index in [-0.39, 0.29) is 0 Å². The smallest absolute Gasteiger partial charge is 0.163 e. The van der Waals surface area contributed by atoms with E-state index in [4.69, 9.17) is 9.47 Å². The Labute approximate surface area is 202 Å². The zero-order valence-electron chi connectivity index (χ0n) is 20.0. The summed E-state index contributed by atoms with van der Waals surface area (Å²) in [7, 11) is 1.73. The van der Waals surface area contributed by atoms with E-state index in [0.29, 0.717) is 18.1 Å². The summed E-state index contributed by atoms with van der Waals surface area (Å²) < 4.78 is 12.0.